The van der Waals surface area contributed by atoms with E-state index in [0.29, 0.717) is 13.0 Å². The zero-order valence-corrected chi connectivity index (χ0v) is 13.7. The number of aryl methyl sites for hydroxylation is 1. The highest BCUT2D eigenvalue weighted by Gasteiger charge is 2.16. The summed E-state index contributed by atoms with van der Waals surface area (Å²) in [6.45, 7) is 5.90. The molecule has 5 heteroatoms. The molecule has 1 atom stereocenters. The number of nitrogens with two attached hydrogens (primary N) is 1. The molecule has 1 unspecified atom stereocenters. The molecule has 1 aromatic heterocycles. The predicted octanol–water partition coefficient (Wildman–Crippen LogP) is 2.57. The topological polar surface area (TPSA) is 69.3 Å². The Labute approximate surface area is 131 Å². The monoisotopic (exact) mass is 303 g/mol. The summed E-state index contributed by atoms with van der Waals surface area (Å²) in [7, 11) is 2.03. The second kappa shape index (κ2) is 6.40. The van der Waals surface area contributed by atoms with Gasteiger partial charge in [0.1, 0.15) is 5.60 Å². The lowest BCUT2D eigenvalue weighted by Gasteiger charge is -2.20. The summed E-state index contributed by atoms with van der Waals surface area (Å²) in [6, 6.07) is 8.26. The van der Waals surface area contributed by atoms with Crippen LogP contribution >= 0.6 is 0 Å². The van der Waals surface area contributed by atoms with E-state index in [2.05, 4.69) is 34.1 Å². The minimum atomic E-state index is -0.494. The average Bonchev–Trinajstić information content (AvgIpc) is 2.76. The highest BCUT2D eigenvalue weighted by molar-refractivity contribution is 5.80. The SMILES string of the molecule is Cn1ccc2cc(CC(N)CNC(=O)OC(C)(C)C)ccc21. The van der Waals surface area contributed by atoms with Crippen LogP contribution < -0.4 is 11.1 Å². The van der Waals surface area contributed by atoms with Crippen molar-refractivity contribution in [3.05, 3.63) is 36.0 Å². The van der Waals surface area contributed by atoms with Gasteiger partial charge in [-0.25, -0.2) is 4.79 Å². The number of hydrogen-bond donors (Lipinski definition) is 2. The fourth-order valence-electron chi connectivity index (χ4n) is 2.36. The van der Waals surface area contributed by atoms with Crippen molar-refractivity contribution >= 4 is 17.0 Å². The molecule has 0 saturated heterocycles. The molecule has 0 aliphatic carbocycles. The first-order chi connectivity index (χ1) is 10.2. The van der Waals surface area contributed by atoms with Gasteiger partial charge in [0.2, 0.25) is 0 Å². The van der Waals surface area contributed by atoms with E-state index in [1.165, 1.54) is 10.9 Å². The summed E-state index contributed by atoms with van der Waals surface area (Å²) < 4.78 is 7.28. The minimum Gasteiger partial charge on any atom is -0.444 e. The Balaban J connectivity index is 1.88. The molecule has 1 aromatic carbocycles. The van der Waals surface area contributed by atoms with Crippen LogP contribution in [0.3, 0.4) is 0 Å². The first-order valence-electron chi connectivity index (χ1n) is 7.51. The maximum atomic E-state index is 11.6. The van der Waals surface area contributed by atoms with E-state index in [1.54, 1.807) is 0 Å². The zero-order chi connectivity index (χ0) is 16.3. The minimum absolute atomic E-state index is 0.145. The van der Waals surface area contributed by atoms with E-state index in [9.17, 15) is 4.79 Å². The summed E-state index contributed by atoms with van der Waals surface area (Å²) in [6.07, 6.45) is 2.32. The number of nitrogens with zero attached hydrogens (tertiary/aromatic N) is 1. The summed E-state index contributed by atoms with van der Waals surface area (Å²) in [5, 5.41) is 3.91. The van der Waals surface area contributed by atoms with Crippen LogP contribution in [0, 0.1) is 0 Å². The summed E-state index contributed by atoms with van der Waals surface area (Å²) >= 11 is 0. The largest absolute Gasteiger partial charge is 0.444 e. The second-order valence-corrected chi connectivity index (χ2v) is 6.67. The molecule has 0 aliphatic heterocycles. The van der Waals surface area contributed by atoms with Crippen LogP contribution in [0.15, 0.2) is 30.5 Å². The van der Waals surface area contributed by atoms with Gasteiger partial charge in [0.05, 0.1) is 0 Å². The van der Waals surface area contributed by atoms with Crippen LogP contribution in [0.5, 0.6) is 0 Å². The molecule has 0 spiro atoms. The van der Waals surface area contributed by atoms with Gasteiger partial charge in [0.15, 0.2) is 0 Å². The van der Waals surface area contributed by atoms with Crippen molar-refractivity contribution in [3.8, 4) is 0 Å². The van der Waals surface area contributed by atoms with Gasteiger partial charge in [-0.3, -0.25) is 0 Å². The van der Waals surface area contributed by atoms with Crippen LogP contribution in [0.1, 0.15) is 26.3 Å². The Bertz CT molecular complexity index is 655. The molecule has 0 radical (unpaired) electrons. The lowest BCUT2D eigenvalue weighted by Crippen LogP contribution is -2.41. The number of alkyl carbamates (subject to hydrolysis) is 1. The van der Waals surface area contributed by atoms with Crippen molar-refractivity contribution < 1.29 is 9.53 Å². The number of nitrogens with one attached hydrogen (secondary N) is 1. The molecule has 2 rings (SSSR count). The van der Waals surface area contributed by atoms with Gasteiger partial charge in [0.25, 0.3) is 0 Å². The van der Waals surface area contributed by atoms with Crippen molar-refractivity contribution in [3.63, 3.8) is 0 Å². The maximum absolute atomic E-state index is 11.6. The number of hydrogen-bond acceptors (Lipinski definition) is 3. The standard InChI is InChI=1S/C17H25N3O2/c1-17(2,3)22-16(21)19-11-14(18)10-12-5-6-15-13(9-12)7-8-20(15)4/h5-9,14H,10-11,18H2,1-4H3,(H,19,21). The van der Waals surface area contributed by atoms with E-state index in [4.69, 9.17) is 10.5 Å². The number of fused-ring (bicyclic) bond motifs is 1. The van der Waals surface area contributed by atoms with Gasteiger partial charge < -0.3 is 20.4 Å². The Morgan fingerprint density at radius 2 is 2.09 bits per heavy atom. The molecule has 22 heavy (non-hydrogen) atoms. The molecule has 0 bridgehead atoms. The van der Waals surface area contributed by atoms with Crippen molar-refractivity contribution in [2.24, 2.45) is 12.8 Å². The Morgan fingerprint density at radius 1 is 1.36 bits per heavy atom. The van der Waals surface area contributed by atoms with Crippen molar-refractivity contribution in [2.75, 3.05) is 6.54 Å². The van der Waals surface area contributed by atoms with E-state index >= 15 is 0 Å². The first kappa shape index (κ1) is 16.4. The molecule has 0 saturated carbocycles. The number of ether oxygens (including phenoxy) is 1. The molecule has 2 aromatic rings. The van der Waals surface area contributed by atoms with Gasteiger partial charge in [-0.15, -0.1) is 0 Å². The van der Waals surface area contributed by atoms with Gasteiger partial charge >= 0.3 is 6.09 Å². The molecule has 3 N–H and O–H groups in total. The number of benzene rings is 1. The number of amides is 1. The third-order valence-electron chi connectivity index (χ3n) is 3.35. The second-order valence-electron chi connectivity index (χ2n) is 6.67. The van der Waals surface area contributed by atoms with Gasteiger partial charge in [-0.2, -0.15) is 0 Å². The van der Waals surface area contributed by atoms with Crippen LogP contribution in [0.2, 0.25) is 0 Å². The number of carbonyl (C=O) groups is 1. The van der Waals surface area contributed by atoms with E-state index in [0.717, 1.165) is 5.56 Å². The summed E-state index contributed by atoms with van der Waals surface area (Å²) in [5.74, 6) is 0. The third kappa shape index (κ3) is 4.49. The highest BCUT2D eigenvalue weighted by Crippen LogP contribution is 2.17. The molecular weight excluding hydrogens is 278 g/mol. The van der Waals surface area contributed by atoms with E-state index in [-0.39, 0.29) is 6.04 Å². The number of carbonyl (C=O) groups excluding carboxylic acids is 1. The normalized spacial score (nSPS) is 13.1. The van der Waals surface area contributed by atoms with Gasteiger partial charge in [-0.05, 0) is 56.3 Å². The number of aromatic nitrogens is 1. The summed E-state index contributed by atoms with van der Waals surface area (Å²) in [4.78, 5) is 11.6. The quantitative estimate of drug-likeness (QED) is 0.912. The van der Waals surface area contributed by atoms with Crippen LogP contribution in [0.25, 0.3) is 10.9 Å². The highest BCUT2D eigenvalue weighted by atomic mass is 16.6. The fraction of sp³-hybridized carbons (Fsp3) is 0.471. The van der Waals surface area contributed by atoms with Gasteiger partial charge in [0, 0.05) is 31.3 Å². The molecule has 120 valence electrons. The van der Waals surface area contributed by atoms with E-state index < -0.39 is 11.7 Å². The lowest BCUT2D eigenvalue weighted by atomic mass is 10.0. The zero-order valence-electron chi connectivity index (χ0n) is 13.7. The lowest BCUT2D eigenvalue weighted by molar-refractivity contribution is 0.0524. The predicted molar refractivity (Wildman–Crippen MR) is 88.8 cm³/mol. The van der Waals surface area contributed by atoms with Crippen LogP contribution in [-0.2, 0) is 18.2 Å². The molecule has 1 amide bonds. The number of rotatable bonds is 4. The maximum Gasteiger partial charge on any atom is 0.407 e. The Kier molecular flexibility index (Phi) is 4.76. The molecular formula is C17H25N3O2. The van der Waals surface area contributed by atoms with Crippen molar-refractivity contribution in [1.82, 2.24) is 9.88 Å². The smallest absolute Gasteiger partial charge is 0.407 e. The summed E-state index contributed by atoms with van der Waals surface area (Å²) in [5.41, 5.74) is 7.96. The van der Waals surface area contributed by atoms with Crippen LogP contribution in [0.4, 0.5) is 4.79 Å². The molecule has 5 nitrogen and oxygen atoms in total. The first-order valence-corrected chi connectivity index (χ1v) is 7.51. The van der Waals surface area contributed by atoms with Crippen molar-refractivity contribution in [1.29, 1.82) is 0 Å². The van der Waals surface area contributed by atoms with Crippen molar-refractivity contribution in [2.45, 2.75) is 38.8 Å². The molecule has 1 heterocycles. The van der Waals surface area contributed by atoms with Crippen LogP contribution in [-0.4, -0.2) is 28.8 Å². The van der Waals surface area contributed by atoms with Gasteiger partial charge in [-0.1, -0.05) is 6.07 Å². The Morgan fingerprint density at radius 3 is 2.77 bits per heavy atom. The fourth-order valence-corrected chi connectivity index (χ4v) is 2.36. The average molecular weight is 303 g/mol. The van der Waals surface area contributed by atoms with E-state index in [1.807, 2.05) is 34.0 Å². The Hall–Kier alpha value is -2.01. The third-order valence-corrected chi connectivity index (χ3v) is 3.35. The molecule has 0 aliphatic rings. The molecule has 0 fully saturated rings.